The number of nitrogens with zero attached hydrogens (tertiary/aromatic N) is 1. The highest BCUT2D eigenvalue weighted by Gasteiger charge is 2.59. The van der Waals surface area contributed by atoms with Crippen molar-refractivity contribution in [1.82, 2.24) is 26.2 Å². The number of carbonyl (C=O) groups is 8. The van der Waals surface area contributed by atoms with E-state index in [9.17, 15) is 48.6 Å². The third-order valence-corrected chi connectivity index (χ3v) is 19.9. The molecule has 4 bridgehead atoms. The van der Waals surface area contributed by atoms with E-state index in [0.717, 1.165) is 41.7 Å². The zero-order valence-corrected chi connectivity index (χ0v) is 55.7. The molecule has 0 saturated carbocycles. The van der Waals surface area contributed by atoms with Gasteiger partial charge in [-0.25, -0.2) is 9.59 Å². The van der Waals surface area contributed by atoms with Gasteiger partial charge < -0.3 is 85.2 Å². The topological polar surface area (TPSA) is 350 Å². The van der Waals surface area contributed by atoms with Gasteiger partial charge >= 0.3 is 12.1 Å². The number of amides is 8. The maximum absolute atomic E-state index is 13.8. The first kappa shape index (κ1) is 73.1. The van der Waals surface area contributed by atoms with Crippen LogP contribution in [0.4, 0.5) is 15.3 Å². The summed E-state index contributed by atoms with van der Waals surface area (Å²) in [4.78, 5) is 103. The average molecular weight is 1330 g/mol. The quantitative estimate of drug-likeness (QED) is 0.0257. The number of methoxy groups -OCH3 is 1. The van der Waals surface area contributed by atoms with E-state index < -0.39 is 78.4 Å². The van der Waals surface area contributed by atoms with Crippen LogP contribution in [0.25, 0.3) is 0 Å². The van der Waals surface area contributed by atoms with Crippen LogP contribution in [0.3, 0.4) is 0 Å². The molecular weight excluding hydrogens is 1230 g/mol. The van der Waals surface area contributed by atoms with Gasteiger partial charge in [0, 0.05) is 95.4 Å². The second-order valence-electron chi connectivity index (χ2n) is 27.6. The highest BCUT2D eigenvalue weighted by Crippen LogP contribution is 2.49. The summed E-state index contributed by atoms with van der Waals surface area (Å²) in [6.45, 7) is 16.7. The van der Waals surface area contributed by atoms with Crippen LogP contribution >= 0.6 is 0 Å². The van der Waals surface area contributed by atoms with Crippen molar-refractivity contribution in [1.29, 1.82) is 0 Å². The molecule has 9 rings (SSSR count). The molecule has 0 radical (unpaired) electrons. The molecule has 26 heteroatoms. The number of fused-ring (bicyclic) bond motifs is 7. The minimum absolute atomic E-state index is 0.00199. The number of alkyl carbamates (subject to hydrolysis) is 1. The highest BCUT2D eigenvalue weighted by atomic mass is 16.7. The van der Waals surface area contributed by atoms with E-state index in [0.29, 0.717) is 75.0 Å². The molecule has 0 aromatic heterocycles. The van der Waals surface area contributed by atoms with Crippen LogP contribution < -0.4 is 32.3 Å². The Morgan fingerprint density at radius 1 is 0.821 bits per heavy atom. The van der Waals surface area contributed by atoms with E-state index in [-0.39, 0.29) is 156 Å². The van der Waals surface area contributed by atoms with Crippen LogP contribution in [0.5, 0.6) is 0 Å². The largest absolute Gasteiger partial charge is 0.445 e. The lowest BCUT2D eigenvalue weighted by Crippen LogP contribution is -2.58. The first-order valence-corrected chi connectivity index (χ1v) is 34.3. The fourth-order valence-electron chi connectivity index (χ4n) is 14.7. The van der Waals surface area contributed by atoms with Gasteiger partial charge in [0.1, 0.15) is 36.7 Å². The standard InChI is InChI=1S/C69H101N7O19/c1-38(2)61(75-58(80)13-9-8-10-27-76-59(81)22-23-60(76)82)66(84)74-51(12-11-26-71-67(70)85)65(83)73-45-16-14-43(15-17-45)36-89-68(86)72-35-47(78)32-55-62(87-7)44(37-88-55)30-46(77)31-49-19-21-54-64(92-49)57-33-56(93-54)63-52(79)34-69(94-57,95-63)25-24-50-29-40(4)53(91-50)20-18-48-28-39(3)41(5)42(6)90-48/h14-17,22-23,38-39,42,44,47-57,61-64,78-79H,4-5,8-13,18-21,24-37H2,1-3,6-7H3,(H,72,86)(H,73,83)(H,74,84)(H,75,80)(H3,70,71,85)/t39-,42-,44?,47?,48?,49?,50?,51?,52-,53+,54?,55-,56?,57?,61+,62-,63?,64+,69-/m1/s1. The zero-order chi connectivity index (χ0) is 68.1. The first-order valence-electron chi connectivity index (χ1n) is 34.3. The third-order valence-electron chi connectivity index (χ3n) is 19.9. The number of carbonyl (C=O) groups excluding carboxylic acids is 8. The Balaban J connectivity index is 0.669. The Kier molecular flexibility index (Phi) is 26.0. The molecular formula is C69H101N7O19. The summed E-state index contributed by atoms with van der Waals surface area (Å²) >= 11 is 0. The number of aliphatic hydroxyl groups is 2. The molecule has 7 saturated heterocycles. The summed E-state index contributed by atoms with van der Waals surface area (Å²) in [6, 6.07) is 3.66. The zero-order valence-electron chi connectivity index (χ0n) is 55.7. The number of nitrogens with one attached hydrogen (secondary N) is 5. The average Bonchev–Trinajstić information content (AvgIpc) is 1.62. The smallest absolute Gasteiger partial charge is 0.407 e. The SMILES string of the molecule is C=C1CC(CC[C@]23C[C@@H](O)C(O2)C2CC(O3)[C@H]3OC(CC(=O)CC4CO[C@H](CC(O)CNC(=O)OCc5ccc(NC(=O)C(CCCNC(N)=O)NC(=O)[C@@H](NC(=O)CCCCCN6C(=O)C=CC6=O)C(C)C)cc5)[C@@H]4OC)CCC3O2)O[C@H]1CCC1C[C@@H](C)C(=C)[C@@H](C)O1. The lowest BCUT2D eigenvalue weighted by Gasteiger charge is -2.47. The monoisotopic (exact) mass is 1330 g/mol. The van der Waals surface area contributed by atoms with Gasteiger partial charge in [-0.3, -0.25) is 33.7 Å². The van der Waals surface area contributed by atoms with Gasteiger partial charge in [-0.1, -0.05) is 52.5 Å². The van der Waals surface area contributed by atoms with Crippen molar-refractivity contribution in [3.8, 4) is 0 Å². The Labute approximate surface area is 556 Å². The van der Waals surface area contributed by atoms with Crippen LogP contribution in [0, 0.1) is 17.8 Å². The summed E-state index contributed by atoms with van der Waals surface area (Å²) in [7, 11) is 1.54. The van der Waals surface area contributed by atoms with E-state index >= 15 is 0 Å². The lowest BCUT2D eigenvalue weighted by atomic mass is 9.85. The second kappa shape index (κ2) is 33.8. The number of anilines is 1. The number of hydrogen-bond acceptors (Lipinski definition) is 19. The molecule has 0 aliphatic carbocycles. The number of rotatable bonds is 33. The molecule has 526 valence electrons. The highest BCUT2D eigenvalue weighted by molar-refractivity contribution is 6.12. The van der Waals surface area contributed by atoms with Crippen LogP contribution in [-0.2, 0) is 78.0 Å². The predicted molar refractivity (Wildman–Crippen MR) is 344 cm³/mol. The van der Waals surface area contributed by atoms with Gasteiger partial charge in [0.15, 0.2) is 5.79 Å². The van der Waals surface area contributed by atoms with E-state index in [1.807, 2.05) is 0 Å². The number of imide groups is 1. The van der Waals surface area contributed by atoms with Gasteiger partial charge in [-0.2, -0.15) is 0 Å². The molecule has 9 N–H and O–H groups in total. The van der Waals surface area contributed by atoms with Crippen molar-refractivity contribution in [3.63, 3.8) is 0 Å². The first-order chi connectivity index (χ1) is 45.4. The lowest BCUT2D eigenvalue weighted by molar-refractivity contribution is -0.277. The summed E-state index contributed by atoms with van der Waals surface area (Å²) in [6.07, 6.45) is 5.94. The molecule has 1 aromatic carbocycles. The van der Waals surface area contributed by atoms with Gasteiger partial charge in [0.25, 0.3) is 11.8 Å². The number of ketones is 1. The third kappa shape index (κ3) is 20.0. The normalized spacial score (nSPS) is 31.9. The Hall–Kier alpha value is -6.20. The number of Topliss-reactive ketones (excluding diaryl/α,β-unsaturated/α-hetero) is 1. The van der Waals surface area contributed by atoms with Gasteiger partial charge in [-0.05, 0) is 118 Å². The van der Waals surface area contributed by atoms with Crippen molar-refractivity contribution in [2.75, 3.05) is 38.7 Å². The predicted octanol–water partition coefficient (Wildman–Crippen LogP) is 5.13. The van der Waals surface area contributed by atoms with Gasteiger partial charge in [0.2, 0.25) is 17.7 Å². The Morgan fingerprint density at radius 2 is 1.59 bits per heavy atom. The number of unbranched alkanes of at least 4 members (excludes halogenated alkanes) is 2. The maximum atomic E-state index is 13.8. The van der Waals surface area contributed by atoms with Crippen LogP contribution in [0.2, 0.25) is 0 Å². The number of nitrogens with two attached hydrogens (primary N) is 1. The van der Waals surface area contributed by atoms with E-state index in [4.69, 9.17) is 48.4 Å². The number of ether oxygens (including phenoxy) is 9. The summed E-state index contributed by atoms with van der Waals surface area (Å²) in [5, 5.41) is 35.7. The molecule has 8 aliphatic heterocycles. The molecule has 10 unspecified atom stereocenters. The van der Waals surface area contributed by atoms with Crippen molar-refractivity contribution >= 4 is 53.1 Å². The molecule has 8 heterocycles. The van der Waals surface area contributed by atoms with E-state index in [2.05, 4.69) is 53.6 Å². The van der Waals surface area contributed by atoms with Crippen molar-refractivity contribution < 1.29 is 91.2 Å². The Bertz CT molecular complexity index is 2880. The number of hydrogen-bond donors (Lipinski definition) is 8. The van der Waals surface area contributed by atoms with Crippen LogP contribution in [0.1, 0.15) is 155 Å². The molecule has 8 amide bonds. The summed E-state index contributed by atoms with van der Waals surface area (Å²) in [5.41, 5.74) is 8.41. The van der Waals surface area contributed by atoms with E-state index in [1.165, 1.54) is 12.2 Å². The molecule has 26 nitrogen and oxygen atoms in total. The molecule has 95 heavy (non-hydrogen) atoms. The van der Waals surface area contributed by atoms with Crippen molar-refractivity contribution in [2.45, 2.75) is 260 Å². The van der Waals surface area contributed by atoms with Crippen molar-refractivity contribution in [3.05, 3.63) is 66.3 Å². The van der Waals surface area contributed by atoms with Gasteiger partial charge in [0.05, 0.1) is 79.9 Å². The second-order valence-corrected chi connectivity index (χ2v) is 27.6. The number of urea groups is 1. The van der Waals surface area contributed by atoms with Gasteiger partial charge in [-0.15, -0.1) is 0 Å². The fraction of sp³-hybridized carbons (Fsp3) is 0.710. The molecule has 0 spiro atoms. The molecule has 7 fully saturated rings. The maximum Gasteiger partial charge on any atom is 0.407 e. The fourth-order valence-corrected chi connectivity index (χ4v) is 14.7. The van der Waals surface area contributed by atoms with Crippen molar-refractivity contribution in [2.24, 2.45) is 23.5 Å². The number of benzene rings is 1. The number of aliphatic hydroxyl groups excluding tert-OH is 2. The van der Waals surface area contributed by atoms with E-state index in [1.54, 1.807) is 45.2 Å². The minimum atomic E-state index is -1.08. The number of primary amides is 1. The summed E-state index contributed by atoms with van der Waals surface area (Å²) < 4.78 is 57.1. The molecule has 19 atom stereocenters. The van der Waals surface area contributed by atoms with Crippen LogP contribution in [-0.4, -0.2) is 199 Å². The minimum Gasteiger partial charge on any atom is -0.445 e. The summed E-state index contributed by atoms with van der Waals surface area (Å²) in [5.74, 6) is -3.49. The van der Waals surface area contributed by atoms with Crippen LogP contribution in [0.15, 0.2) is 60.7 Å². The molecule has 8 aliphatic rings. The Morgan fingerprint density at radius 3 is 2.32 bits per heavy atom. The molecule has 1 aromatic rings.